The van der Waals surface area contributed by atoms with Crippen LogP contribution in [0.5, 0.6) is 0 Å². The van der Waals surface area contributed by atoms with Crippen LogP contribution in [-0.2, 0) is 0 Å². The second-order valence-corrected chi connectivity index (χ2v) is 5.43. The number of carbonyl (C=O) groups is 1. The van der Waals surface area contributed by atoms with Crippen molar-refractivity contribution in [2.45, 2.75) is 45.6 Å². The fourth-order valence-electron chi connectivity index (χ4n) is 2.34. The van der Waals surface area contributed by atoms with Gasteiger partial charge in [-0.3, -0.25) is 4.79 Å². The molecular formula is C15H22FN3O. The van der Waals surface area contributed by atoms with Gasteiger partial charge in [0.2, 0.25) is 0 Å². The fraction of sp³-hybridized carbons (Fsp3) is 0.600. The zero-order valence-electron chi connectivity index (χ0n) is 12.1. The lowest BCUT2D eigenvalue weighted by Crippen LogP contribution is -2.41. The highest BCUT2D eigenvalue weighted by atomic mass is 19.1. The molecule has 1 aromatic heterocycles. The Morgan fingerprint density at radius 3 is 2.90 bits per heavy atom. The first-order chi connectivity index (χ1) is 9.61. The van der Waals surface area contributed by atoms with E-state index in [4.69, 9.17) is 0 Å². The van der Waals surface area contributed by atoms with E-state index < -0.39 is 5.82 Å². The molecule has 5 heteroatoms. The van der Waals surface area contributed by atoms with Gasteiger partial charge in [0.15, 0.2) is 0 Å². The standard InChI is InChI=1S/C15H22FN3O/c1-3-7-17-14-13(8-12(16)9-18-14)15(20)19-10(2)11-5-4-6-11/h8-11H,3-7H2,1-2H3,(H,17,18)(H,19,20). The van der Waals surface area contributed by atoms with Gasteiger partial charge in [0, 0.05) is 12.6 Å². The summed E-state index contributed by atoms with van der Waals surface area (Å²) in [5, 5.41) is 6.02. The predicted octanol–water partition coefficient (Wildman–Crippen LogP) is 2.96. The van der Waals surface area contributed by atoms with E-state index in [1.54, 1.807) is 0 Å². The predicted molar refractivity (Wildman–Crippen MR) is 77.2 cm³/mol. The van der Waals surface area contributed by atoms with E-state index in [-0.39, 0.29) is 17.5 Å². The molecular weight excluding hydrogens is 257 g/mol. The maximum atomic E-state index is 13.3. The highest BCUT2D eigenvalue weighted by Crippen LogP contribution is 2.29. The van der Waals surface area contributed by atoms with Crippen molar-refractivity contribution in [1.29, 1.82) is 0 Å². The number of hydrogen-bond donors (Lipinski definition) is 2. The summed E-state index contributed by atoms with van der Waals surface area (Å²) in [6, 6.07) is 1.37. The lowest BCUT2D eigenvalue weighted by atomic mass is 9.80. The summed E-state index contributed by atoms with van der Waals surface area (Å²) in [5.41, 5.74) is 0.282. The van der Waals surface area contributed by atoms with Crippen LogP contribution in [0.4, 0.5) is 10.2 Å². The number of aromatic nitrogens is 1. The number of pyridine rings is 1. The minimum atomic E-state index is -0.492. The first kappa shape index (κ1) is 14.8. The van der Waals surface area contributed by atoms with Crippen molar-refractivity contribution in [1.82, 2.24) is 10.3 Å². The van der Waals surface area contributed by atoms with Crippen LogP contribution < -0.4 is 10.6 Å². The van der Waals surface area contributed by atoms with E-state index in [0.717, 1.165) is 25.5 Å². The van der Waals surface area contributed by atoms with Gasteiger partial charge >= 0.3 is 0 Å². The van der Waals surface area contributed by atoms with Crippen molar-refractivity contribution in [3.05, 3.63) is 23.6 Å². The third-order valence-corrected chi connectivity index (χ3v) is 3.86. The number of carbonyl (C=O) groups excluding carboxylic acids is 1. The molecule has 4 nitrogen and oxygen atoms in total. The van der Waals surface area contributed by atoms with Crippen molar-refractivity contribution < 1.29 is 9.18 Å². The topological polar surface area (TPSA) is 54.0 Å². The summed E-state index contributed by atoms with van der Waals surface area (Å²) >= 11 is 0. The molecule has 1 aliphatic carbocycles. The monoisotopic (exact) mass is 279 g/mol. The highest BCUT2D eigenvalue weighted by molar-refractivity contribution is 5.98. The number of anilines is 1. The SMILES string of the molecule is CCCNc1ncc(F)cc1C(=O)NC(C)C1CCC1. The summed E-state index contributed by atoms with van der Waals surface area (Å²) < 4.78 is 13.3. The van der Waals surface area contributed by atoms with Crippen LogP contribution in [0.1, 0.15) is 49.9 Å². The Balaban J connectivity index is 2.08. The normalized spacial score (nSPS) is 16.4. The minimum absolute atomic E-state index is 0.124. The van der Waals surface area contributed by atoms with Crippen LogP contribution in [0.15, 0.2) is 12.3 Å². The lowest BCUT2D eigenvalue weighted by molar-refractivity contribution is 0.0909. The Labute approximate surface area is 119 Å². The Morgan fingerprint density at radius 1 is 1.55 bits per heavy atom. The molecule has 110 valence electrons. The summed E-state index contributed by atoms with van der Waals surface area (Å²) in [5.74, 6) is 0.252. The lowest BCUT2D eigenvalue weighted by Gasteiger charge is -2.32. The molecule has 0 saturated heterocycles. The molecule has 2 rings (SSSR count). The van der Waals surface area contributed by atoms with Crippen LogP contribution in [-0.4, -0.2) is 23.5 Å². The molecule has 1 fully saturated rings. The van der Waals surface area contributed by atoms with Gasteiger partial charge < -0.3 is 10.6 Å². The smallest absolute Gasteiger partial charge is 0.255 e. The maximum Gasteiger partial charge on any atom is 0.255 e. The molecule has 2 N–H and O–H groups in total. The molecule has 1 atom stereocenters. The Morgan fingerprint density at radius 2 is 2.30 bits per heavy atom. The summed E-state index contributed by atoms with van der Waals surface area (Å²) in [4.78, 5) is 16.3. The third kappa shape index (κ3) is 3.46. The number of halogens is 1. The molecule has 0 aliphatic heterocycles. The summed E-state index contributed by atoms with van der Waals surface area (Å²) in [7, 11) is 0. The summed E-state index contributed by atoms with van der Waals surface area (Å²) in [6.07, 6.45) is 5.59. The second kappa shape index (κ2) is 6.68. The molecule has 20 heavy (non-hydrogen) atoms. The summed E-state index contributed by atoms with van der Waals surface area (Å²) in [6.45, 7) is 4.74. The largest absolute Gasteiger partial charge is 0.369 e. The third-order valence-electron chi connectivity index (χ3n) is 3.86. The Bertz CT molecular complexity index is 474. The van der Waals surface area contributed by atoms with Gasteiger partial charge in [-0.15, -0.1) is 0 Å². The molecule has 1 saturated carbocycles. The van der Waals surface area contributed by atoms with Crippen molar-refractivity contribution in [2.75, 3.05) is 11.9 Å². The Hall–Kier alpha value is -1.65. The van der Waals surface area contributed by atoms with E-state index >= 15 is 0 Å². The van der Waals surface area contributed by atoms with Crippen LogP contribution in [0, 0.1) is 11.7 Å². The van der Waals surface area contributed by atoms with Crippen LogP contribution in [0.2, 0.25) is 0 Å². The van der Waals surface area contributed by atoms with Gasteiger partial charge in [0.05, 0.1) is 11.8 Å². The van der Waals surface area contributed by atoms with Gasteiger partial charge in [0.1, 0.15) is 11.6 Å². The van der Waals surface area contributed by atoms with Crippen LogP contribution in [0.25, 0.3) is 0 Å². The average Bonchev–Trinajstić information content (AvgIpc) is 2.35. The molecule has 1 heterocycles. The molecule has 0 radical (unpaired) electrons. The van der Waals surface area contributed by atoms with E-state index in [9.17, 15) is 9.18 Å². The number of nitrogens with one attached hydrogen (secondary N) is 2. The van der Waals surface area contributed by atoms with E-state index in [2.05, 4.69) is 15.6 Å². The fourth-order valence-corrected chi connectivity index (χ4v) is 2.34. The van der Waals surface area contributed by atoms with Crippen molar-refractivity contribution in [2.24, 2.45) is 5.92 Å². The quantitative estimate of drug-likeness (QED) is 0.841. The average molecular weight is 279 g/mol. The number of amides is 1. The maximum absolute atomic E-state index is 13.3. The van der Waals surface area contributed by atoms with E-state index in [1.807, 2.05) is 13.8 Å². The first-order valence-corrected chi connectivity index (χ1v) is 7.32. The number of hydrogen-bond acceptors (Lipinski definition) is 3. The molecule has 1 aliphatic rings. The van der Waals surface area contributed by atoms with E-state index in [1.165, 1.54) is 12.5 Å². The number of nitrogens with zero attached hydrogens (tertiary/aromatic N) is 1. The highest BCUT2D eigenvalue weighted by Gasteiger charge is 2.26. The van der Waals surface area contributed by atoms with E-state index in [0.29, 0.717) is 18.3 Å². The molecule has 0 spiro atoms. The zero-order valence-corrected chi connectivity index (χ0v) is 12.1. The number of rotatable bonds is 6. The van der Waals surface area contributed by atoms with Crippen LogP contribution in [0.3, 0.4) is 0 Å². The second-order valence-electron chi connectivity index (χ2n) is 5.43. The molecule has 1 aromatic rings. The van der Waals surface area contributed by atoms with Crippen LogP contribution >= 0.6 is 0 Å². The van der Waals surface area contributed by atoms with Gasteiger partial charge in [-0.25, -0.2) is 9.37 Å². The molecule has 1 amide bonds. The van der Waals surface area contributed by atoms with Crippen molar-refractivity contribution >= 4 is 11.7 Å². The zero-order chi connectivity index (χ0) is 14.5. The molecule has 0 bridgehead atoms. The van der Waals surface area contributed by atoms with Gasteiger partial charge in [-0.1, -0.05) is 13.3 Å². The van der Waals surface area contributed by atoms with Gasteiger partial charge in [-0.2, -0.15) is 0 Å². The Kier molecular flexibility index (Phi) is 4.93. The van der Waals surface area contributed by atoms with Crippen molar-refractivity contribution in [3.8, 4) is 0 Å². The first-order valence-electron chi connectivity index (χ1n) is 7.32. The minimum Gasteiger partial charge on any atom is -0.369 e. The molecule has 0 aromatic carbocycles. The van der Waals surface area contributed by atoms with Gasteiger partial charge in [-0.05, 0) is 38.2 Å². The van der Waals surface area contributed by atoms with Crippen molar-refractivity contribution in [3.63, 3.8) is 0 Å². The van der Waals surface area contributed by atoms with Gasteiger partial charge in [0.25, 0.3) is 5.91 Å². The molecule has 1 unspecified atom stereocenters.